The van der Waals surface area contributed by atoms with Gasteiger partial charge in [0, 0.05) is 24.8 Å². The maximum Gasteiger partial charge on any atom is 0.255 e. The molecule has 5 nitrogen and oxygen atoms in total. The van der Waals surface area contributed by atoms with Crippen LogP contribution in [0.5, 0.6) is 0 Å². The topological polar surface area (TPSA) is 58.6 Å². The van der Waals surface area contributed by atoms with Gasteiger partial charge in [0.15, 0.2) is 0 Å². The van der Waals surface area contributed by atoms with Gasteiger partial charge in [0.25, 0.3) is 5.91 Å². The first-order valence-electron chi connectivity index (χ1n) is 9.90. The van der Waals surface area contributed by atoms with E-state index in [0.29, 0.717) is 18.7 Å². The summed E-state index contributed by atoms with van der Waals surface area (Å²) in [5.41, 5.74) is 1.48. The molecule has 0 bridgehead atoms. The summed E-state index contributed by atoms with van der Waals surface area (Å²) >= 11 is 0. The van der Waals surface area contributed by atoms with Gasteiger partial charge in [-0.05, 0) is 44.7 Å². The van der Waals surface area contributed by atoms with Gasteiger partial charge in [-0.1, -0.05) is 37.5 Å². The summed E-state index contributed by atoms with van der Waals surface area (Å²) in [5.74, 6) is -0.0890. The SMILES string of the molecule is CC(C)OCCCN1C(=O)c2ccccc2[C@H]1C(=O)NC1CCCCC1. The van der Waals surface area contributed by atoms with Gasteiger partial charge in [0.05, 0.1) is 6.10 Å². The van der Waals surface area contributed by atoms with Crippen molar-refractivity contribution in [3.05, 3.63) is 35.4 Å². The van der Waals surface area contributed by atoms with E-state index in [1.807, 2.05) is 38.1 Å². The highest BCUT2D eigenvalue weighted by molar-refractivity contribution is 6.04. The van der Waals surface area contributed by atoms with Crippen LogP contribution in [0, 0.1) is 0 Å². The molecule has 1 aromatic carbocycles. The minimum absolute atomic E-state index is 0.0417. The Labute approximate surface area is 156 Å². The van der Waals surface area contributed by atoms with E-state index in [1.165, 1.54) is 19.3 Å². The number of carbonyl (C=O) groups is 2. The van der Waals surface area contributed by atoms with Gasteiger partial charge >= 0.3 is 0 Å². The Hall–Kier alpha value is -1.88. The first kappa shape index (κ1) is 18.9. The van der Waals surface area contributed by atoms with Crippen molar-refractivity contribution in [3.8, 4) is 0 Å². The fourth-order valence-corrected chi connectivity index (χ4v) is 3.96. The lowest BCUT2D eigenvalue weighted by atomic mass is 9.95. The predicted octanol–water partition coefficient (Wildman–Crippen LogP) is 3.45. The van der Waals surface area contributed by atoms with Crippen molar-refractivity contribution in [2.24, 2.45) is 0 Å². The van der Waals surface area contributed by atoms with Crippen LogP contribution in [-0.4, -0.2) is 42.0 Å². The van der Waals surface area contributed by atoms with E-state index in [9.17, 15) is 9.59 Å². The average molecular weight is 358 g/mol. The summed E-state index contributed by atoms with van der Waals surface area (Å²) < 4.78 is 5.59. The molecule has 26 heavy (non-hydrogen) atoms. The first-order valence-corrected chi connectivity index (χ1v) is 9.90. The Balaban J connectivity index is 1.71. The standard InChI is InChI=1S/C21H30N2O3/c1-15(2)26-14-8-13-23-19(17-11-6-7-12-18(17)21(23)25)20(24)22-16-9-4-3-5-10-16/h6-7,11-12,15-16,19H,3-5,8-10,13-14H2,1-2H3,(H,22,24)/t19-/m0/s1. The summed E-state index contributed by atoms with van der Waals surface area (Å²) in [6.45, 7) is 5.12. The van der Waals surface area contributed by atoms with E-state index in [1.54, 1.807) is 4.90 Å². The molecule has 2 amide bonds. The Kier molecular flexibility index (Phi) is 6.30. The Morgan fingerprint density at radius 3 is 2.69 bits per heavy atom. The summed E-state index contributed by atoms with van der Waals surface area (Å²) in [6.07, 6.45) is 6.56. The van der Waals surface area contributed by atoms with Crippen molar-refractivity contribution in [1.82, 2.24) is 10.2 Å². The third-order valence-corrected chi connectivity index (χ3v) is 5.25. The summed E-state index contributed by atoms with van der Waals surface area (Å²) in [5, 5.41) is 3.20. The molecule has 0 saturated heterocycles. The minimum atomic E-state index is -0.514. The zero-order valence-corrected chi connectivity index (χ0v) is 15.9. The third-order valence-electron chi connectivity index (χ3n) is 5.25. The van der Waals surface area contributed by atoms with E-state index >= 15 is 0 Å². The van der Waals surface area contributed by atoms with E-state index in [0.717, 1.165) is 24.8 Å². The molecule has 1 heterocycles. The Morgan fingerprint density at radius 2 is 1.96 bits per heavy atom. The molecule has 0 unspecified atom stereocenters. The molecule has 1 atom stereocenters. The number of nitrogens with one attached hydrogen (secondary N) is 1. The molecule has 1 fully saturated rings. The number of hydrogen-bond donors (Lipinski definition) is 1. The van der Waals surface area contributed by atoms with Crippen molar-refractivity contribution in [1.29, 1.82) is 0 Å². The molecule has 1 N–H and O–H groups in total. The van der Waals surface area contributed by atoms with Gasteiger partial charge in [-0.2, -0.15) is 0 Å². The largest absolute Gasteiger partial charge is 0.379 e. The molecule has 0 spiro atoms. The van der Waals surface area contributed by atoms with Crippen molar-refractivity contribution in [2.75, 3.05) is 13.2 Å². The van der Waals surface area contributed by atoms with Gasteiger partial charge in [-0.3, -0.25) is 9.59 Å². The van der Waals surface area contributed by atoms with Crippen LogP contribution in [0.1, 0.15) is 74.3 Å². The molecule has 1 aliphatic heterocycles. The number of carbonyl (C=O) groups excluding carboxylic acids is 2. The zero-order valence-electron chi connectivity index (χ0n) is 15.9. The van der Waals surface area contributed by atoms with Crippen molar-refractivity contribution in [3.63, 3.8) is 0 Å². The molecule has 0 radical (unpaired) electrons. The molecule has 1 saturated carbocycles. The third kappa shape index (κ3) is 4.26. The van der Waals surface area contributed by atoms with Crippen LogP contribution in [0.2, 0.25) is 0 Å². The number of benzene rings is 1. The van der Waals surface area contributed by atoms with E-state index in [-0.39, 0.29) is 24.0 Å². The minimum Gasteiger partial charge on any atom is -0.379 e. The summed E-state index contributed by atoms with van der Waals surface area (Å²) in [7, 11) is 0. The second-order valence-corrected chi connectivity index (χ2v) is 7.60. The van der Waals surface area contributed by atoms with Crippen LogP contribution < -0.4 is 5.32 Å². The smallest absolute Gasteiger partial charge is 0.255 e. The van der Waals surface area contributed by atoms with E-state index < -0.39 is 6.04 Å². The number of fused-ring (bicyclic) bond motifs is 1. The lowest BCUT2D eigenvalue weighted by Crippen LogP contribution is -2.44. The van der Waals surface area contributed by atoms with Crippen molar-refractivity contribution < 1.29 is 14.3 Å². The number of hydrogen-bond acceptors (Lipinski definition) is 3. The fraction of sp³-hybridized carbons (Fsp3) is 0.619. The van der Waals surface area contributed by atoms with Crippen LogP contribution in [0.15, 0.2) is 24.3 Å². The quantitative estimate of drug-likeness (QED) is 0.760. The molecule has 3 rings (SSSR count). The summed E-state index contributed by atoms with van der Waals surface area (Å²) in [6, 6.07) is 7.22. The van der Waals surface area contributed by atoms with Crippen molar-refractivity contribution >= 4 is 11.8 Å². The monoisotopic (exact) mass is 358 g/mol. The van der Waals surface area contributed by atoms with Gasteiger partial charge in [-0.25, -0.2) is 0 Å². The van der Waals surface area contributed by atoms with Crippen LogP contribution in [0.3, 0.4) is 0 Å². The second kappa shape index (κ2) is 8.67. The van der Waals surface area contributed by atoms with Crippen LogP contribution >= 0.6 is 0 Å². The Bertz CT molecular complexity index is 638. The maximum atomic E-state index is 13.0. The van der Waals surface area contributed by atoms with Crippen molar-refractivity contribution in [2.45, 2.75) is 70.6 Å². The zero-order chi connectivity index (χ0) is 18.5. The molecular formula is C21H30N2O3. The maximum absolute atomic E-state index is 13.0. The molecule has 1 aliphatic carbocycles. The fourth-order valence-electron chi connectivity index (χ4n) is 3.96. The highest BCUT2D eigenvalue weighted by Crippen LogP contribution is 2.34. The average Bonchev–Trinajstić information content (AvgIpc) is 2.92. The van der Waals surface area contributed by atoms with Gasteiger partial charge in [0.1, 0.15) is 6.04 Å². The number of amides is 2. The predicted molar refractivity (Wildman–Crippen MR) is 101 cm³/mol. The lowest BCUT2D eigenvalue weighted by Gasteiger charge is -2.28. The van der Waals surface area contributed by atoms with Gasteiger partial charge in [0.2, 0.25) is 5.91 Å². The molecular weight excluding hydrogens is 328 g/mol. The van der Waals surface area contributed by atoms with Gasteiger partial charge in [-0.15, -0.1) is 0 Å². The molecule has 5 heteroatoms. The van der Waals surface area contributed by atoms with Crippen LogP contribution in [-0.2, 0) is 9.53 Å². The first-order chi connectivity index (χ1) is 12.6. The molecule has 2 aliphatic rings. The highest BCUT2D eigenvalue weighted by atomic mass is 16.5. The normalized spacial score (nSPS) is 20.5. The summed E-state index contributed by atoms with van der Waals surface area (Å²) in [4.78, 5) is 27.6. The molecule has 142 valence electrons. The number of ether oxygens (including phenoxy) is 1. The van der Waals surface area contributed by atoms with Gasteiger partial charge < -0.3 is 15.0 Å². The molecule has 1 aromatic rings. The number of rotatable bonds is 7. The molecule has 0 aromatic heterocycles. The van der Waals surface area contributed by atoms with Crippen LogP contribution in [0.25, 0.3) is 0 Å². The number of nitrogens with zero attached hydrogens (tertiary/aromatic N) is 1. The van der Waals surface area contributed by atoms with E-state index in [4.69, 9.17) is 4.74 Å². The van der Waals surface area contributed by atoms with Crippen LogP contribution in [0.4, 0.5) is 0 Å². The lowest BCUT2D eigenvalue weighted by molar-refractivity contribution is -0.126. The second-order valence-electron chi connectivity index (χ2n) is 7.60. The van der Waals surface area contributed by atoms with E-state index in [2.05, 4.69) is 5.32 Å². The highest BCUT2D eigenvalue weighted by Gasteiger charge is 2.41. The Morgan fingerprint density at radius 1 is 1.23 bits per heavy atom.